The molecule has 4 N–H and O–H groups in total. The lowest BCUT2D eigenvalue weighted by molar-refractivity contribution is -0.132. The number of hydrogen-bond acceptors (Lipinski definition) is 9. The van der Waals surface area contributed by atoms with Gasteiger partial charge in [0.2, 0.25) is 17.8 Å². The van der Waals surface area contributed by atoms with E-state index in [9.17, 15) is 14.4 Å². The summed E-state index contributed by atoms with van der Waals surface area (Å²) >= 11 is 0. The van der Waals surface area contributed by atoms with Crippen LogP contribution in [0, 0.1) is 11.3 Å². The molecular weight excluding hydrogens is 546 g/mol. The van der Waals surface area contributed by atoms with Crippen LogP contribution >= 0.6 is 0 Å². The highest BCUT2D eigenvalue weighted by Gasteiger charge is 2.21. The molecule has 43 heavy (non-hydrogen) atoms. The van der Waals surface area contributed by atoms with Gasteiger partial charge < -0.3 is 31.1 Å². The fourth-order valence-electron chi connectivity index (χ4n) is 3.71. The number of rotatable bonds is 13. The number of benzene rings is 2. The number of nitrogens with one attached hydrogen (secondary N) is 4. The maximum atomic E-state index is 13.2. The molecule has 0 saturated heterocycles. The fraction of sp³-hybridized carbons (Fsp3) is 0.290. The van der Waals surface area contributed by atoms with Crippen LogP contribution in [0.15, 0.2) is 66.9 Å². The first-order valence-electron chi connectivity index (χ1n) is 13.8. The molecule has 3 amide bonds. The molecule has 3 rings (SSSR count). The van der Waals surface area contributed by atoms with Crippen LogP contribution in [0.3, 0.4) is 0 Å². The zero-order valence-corrected chi connectivity index (χ0v) is 25.0. The van der Waals surface area contributed by atoms with Gasteiger partial charge in [-0.2, -0.15) is 10.2 Å². The first-order valence-corrected chi connectivity index (χ1v) is 13.8. The highest BCUT2D eigenvalue weighted by Crippen LogP contribution is 2.21. The van der Waals surface area contributed by atoms with Gasteiger partial charge in [0.05, 0.1) is 11.6 Å². The van der Waals surface area contributed by atoms with E-state index in [0.717, 1.165) is 6.42 Å². The van der Waals surface area contributed by atoms with Gasteiger partial charge in [-0.25, -0.2) is 4.98 Å². The molecule has 12 heteroatoms. The van der Waals surface area contributed by atoms with Gasteiger partial charge in [-0.3, -0.25) is 14.4 Å². The number of hydrogen-bond donors (Lipinski definition) is 4. The third kappa shape index (κ3) is 9.65. The molecule has 0 radical (unpaired) electrons. The molecule has 0 bridgehead atoms. The molecule has 0 saturated carbocycles. The zero-order chi connectivity index (χ0) is 31.4. The number of amides is 3. The minimum Gasteiger partial charge on any atom is -0.369 e. The fourth-order valence-corrected chi connectivity index (χ4v) is 3.71. The van der Waals surface area contributed by atoms with Crippen molar-refractivity contribution in [3.63, 3.8) is 0 Å². The van der Waals surface area contributed by atoms with Crippen molar-refractivity contribution in [3.05, 3.63) is 78.0 Å². The average molecular weight is 584 g/mol. The highest BCUT2D eigenvalue weighted by atomic mass is 16.2. The van der Waals surface area contributed by atoms with E-state index < -0.39 is 11.9 Å². The Morgan fingerprint density at radius 2 is 1.72 bits per heavy atom. The summed E-state index contributed by atoms with van der Waals surface area (Å²) in [6.45, 7) is 4.85. The minimum absolute atomic E-state index is 0.240. The van der Waals surface area contributed by atoms with Crippen LogP contribution in [0.25, 0.3) is 0 Å². The van der Waals surface area contributed by atoms with Crippen LogP contribution in [-0.2, 0) is 9.59 Å². The zero-order valence-electron chi connectivity index (χ0n) is 25.0. The summed E-state index contributed by atoms with van der Waals surface area (Å²) < 4.78 is 0. The number of nitrogens with zero attached hydrogens (tertiary/aromatic N) is 5. The van der Waals surface area contributed by atoms with Crippen molar-refractivity contribution < 1.29 is 14.4 Å². The Kier molecular flexibility index (Phi) is 11.7. The van der Waals surface area contributed by atoms with Crippen molar-refractivity contribution in [2.45, 2.75) is 26.3 Å². The quantitative estimate of drug-likeness (QED) is 0.218. The lowest BCUT2D eigenvalue weighted by Crippen LogP contribution is -2.42. The summed E-state index contributed by atoms with van der Waals surface area (Å²) in [6.07, 6.45) is 5.43. The van der Waals surface area contributed by atoms with E-state index in [1.807, 2.05) is 25.9 Å². The molecule has 224 valence electrons. The van der Waals surface area contributed by atoms with E-state index >= 15 is 0 Å². The Morgan fingerprint density at radius 1 is 1.02 bits per heavy atom. The summed E-state index contributed by atoms with van der Waals surface area (Å²) in [6, 6.07) is 14.9. The molecule has 0 aliphatic rings. The average Bonchev–Trinajstić information content (AvgIpc) is 2.99. The minimum atomic E-state index is -0.726. The summed E-state index contributed by atoms with van der Waals surface area (Å²) in [5.74, 6) is -0.440. The van der Waals surface area contributed by atoms with Crippen LogP contribution < -0.4 is 21.3 Å². The van der Waals surface area contributed by atoms with Gasteiger partial charge in [-0.1, -0.05) is 19.1 Å². The molecule has 2 aromatic carbocycles. The maximum absolute atomic E-state index is 13.2. The molecule has 0 fully saturated rings. The number of carbonyl (C=O) groups excluding carboxylic acids is 3. The molecule has 0 aliphatic carbocycles. The number of nitriles is 1. The second-order valence-corrected chi connectivity index (χ2v) is 10.0. The Hall–Kier alpha value is -5.28. The summed E-state index contributed by atoms with van der Waals surface area (Å²) in [5, 5.41) is 20.9. The van der Waals surface area contributed by atoms with Gasteiger partial charge in [-0.05, 0) is 69.9 Å². The molecule has 1 unspecified atom stereocenters. The predicted molar refractivity (Wildman–Crippen MR) is 168 cm³/mol. The number of carbonyl (C=O) groups is 3. The predicted octanol–water partition coefficient (Wildman–Crippen LogP) is 4.07. The lowest BCUT2D eigenvalue weighted by Gasteiger charge is -2.23. The number of likely N-dealkylation sites (N-methyl/N-ethyl adjacent to an activating group) is 2. The van der Waals surface area contributed by atoms with E-state index in [2.05, 4.69) is 37.3 Å². The van der Waals surface area contributed by atoms with E-state index in [1.54, 1.807) is 68.6 Å². The smallest absolute Gasteiger partial charge is 0.260 e. The van der Waals surface area contributed by atoms with Gasteiger partial charge in [0.15, 0.2) is 0 Å². The molecule has 1 heterocycles. The van der Waals surface area contributed by atoms with E-state index in [-0.39, 0.29) is 23.3 Å². The van der Waals surface area contributed by atoms with Crippen LogP contribution in [0.4, 0.5) is 28.8 Å². The lowest BCUT2D eigenvalue weighted by atomic mass is 10.2. The molecule has 0 aliphatic heterocycles. The molecule has 12 nitrogen and oxygen atoms in total. The Morgan fingerprint density at radius 3 is 2.37 bits per heavy atom. The largest absolute Gasteiger partial charge is 0.369 e. The monoisotopic (exact) mass is 583 g/mol. The SMILES string of the molecule is CCCNc1nc(Nc2ccc(C#N)cc2)ncc1C(=O)Nc1cccc(NC(=O)C(C)N(C)C(=O)C=CCN(C)C)c1. The highest BCUT2D eigenvalue weighted by molar-refractivity contribution is 6.08. The van der Waals surface area contributed by atoms with Crippen molar-refractivity contribution in [1.29, 1.82) is 5.26 Å². The van der Waals surface area contributed by atoms with E-state index in [1.165, 1.54) is 17.2 Å². The molecule has 1 aromatic heterocycles. The summed E-state index contributed by atoms with van der Waals surface area (Å²) in [5.41, 5.74) is 2.38. The number of anilines is 5. The third-order valence-corrected chi connectivity index (χ3v) is 6.27. The molecule has 0 spiro atoms. The Bertz CT molecular complexity index is 1500. The standard InChI is InChI=1S/C31H37N9O3/c1-6-16-33-28-26(20-34-31(38-28)37-23-14-12-22(19-32)13-15-23)30(43)36-25-10-7-9-24(18-25)35-29(42)21(2)40(5)27(41)11-8-17-39(3)4/h7-15,18,20-21H,6,16-17H2,1-5H3,(H,35,42)(H,36,43)(H2,33,34,37,38). The maximum Gasteiger partial charge on any atom is 0.260 e. The van der Waals surface area contributed by atoms with Gasteiger partial charge >= 0.3 is 0 Å². The Balaban J connectivity index is 1.69. The van der Waals surface area contributed by atoms with Crippen LogP contribution in [-0.4, -0.2) is 77.8 Å². The van der Waals surface area contributed by atoms with Crippen LogP contribution in [0.1, 0.15) is 36.2 Å². The van der Waals surface area contributed by atoms with Gasteiger partial charge in [0.25, 0.3) is 5.91 Å². The molecule has 3 aromatic rings. The molecule has 1 atom stereocenters. The normalized spacial score (nSPS) is 11.5. The second-order valence-electron chi connectivity index (χ2n) is 10.0. The van der Waals surface area contributed by atoms with Crippen molar-refractivity contribution in [1.82, 2.24) is 19.8 Å². The topological polar surface area (TPSA) is 155 Å². The van der Waals surface area contributed by atoms with Crippen molar-refractivity contribution >= 4 is 46.5 Å². The first kappa shape index (κ1) is 32.2. The van der Waals surface area contributed by atoms with Crippen molar-refractivity contribution in [2.75, 3.05) is 55.5 Å². The van der Waals surface area contributed by atoms with Crippen LogP contribution in [0.2, 0.25) is 0 Å². The third-order valence-electron chi connectivity index (χ3n) is 6.27. The van der Waals surface area contributed by atoms with Gasteiger partial charge in [0, 0.05) is 49.5 Å². The van der Waals surface area contributed by atoms with Crippen LogP contribution in [0.5, 0.6) is 0 Å². The Labute approximate surface area is 251 Å². The van der Waals surface area contributed by atoms with Crippen molar-refractivity contribution in [2.24, 2.45) is 0 Å². The first-order chi connectivity index (χ1) is 20.6. The number of aromatic nitrogens is 2. The van der Waals surface area contributed by atoms with E-state index in [4.69, 9.17) is 5.26 Å². The van der Waals surface area contributed by atoms with Gasteiger partial charge in [0.1, 0.15) is 17.4 Å². The van der Waals surface area contributed by atoms with Gasteiger partial charge in [-0.15, -0.1) is 0 Å². The van der Waals surface area contributed by atoms with E-state index in [0.29, 0.717) is 41.5 Å². The summed E-state index contributed by atoms with van der Waals surface area (Å²) in [4.78, 5) is 50.6. The van der Waals surface area contributed by atoms with Crippen molar-refractivity contribution in [3.8, 4) is 6.07 Å². The second kappa shape index (κ2) is 15.6. The molecular formula is C31H37N9O3. The summed E-state index contributed by atoms with van der Waals surface area (Å²) in [7, 11) is 5.37.